The van der Waals surface area contributed by atoms with Crippen LogP contribution in [-0.4, -0.2) is 31.8 Å². The Morgan fingerprint density at radius 1 is 1.28 bits per heavy atom. The van der Waals surface area contributed by atoms with Crippen molar-refractivity contribution in [2.24, 2.45) is 0 Å². The number of hydrogen-bond donors (Lipinski definition) is 2. The number of rotatable bonds is 4. The van der Waals surface area contributed by atoms with Crippen molar-refractivity contribution in [1.29, 1.82) is 0 Å². The van der Waals surface area contributed by atoms with Crippen molar-refractivity contribution in [2.45, 2.75) is 31.9 Å². The van der Waals surface area contributed by atoms with E-state index in [4.69, 9.17) is 4.74 Å². The smallest absolute Gasteiger partial charge is 0.319 e. The van der Waals surface area contributed by atoms with Crippen molar-refractivity contribution < 1.29 is 9.53 Å². The lowest BCUT2D eigenvalue weighted by molar-refractivity contribution is 0.112. The third-order valence-corrected chi connectivity index (χ3v) is 5.84. The molecule has 6 heteroatoms. The second-order valence-corrected chi connectivity index (χ2v) is 7.56. The van der Waals surface area contributed by atoms with Crippen molar-refractivity contribution in [3.63, 3.8) is 0 Å². The molecule has 25 heavy (non-hydrogen) atoms. The van der Waals surface area contributed by atoms with Crippen molar-refractivity contribution in [3.8, 4) is 0 Å². The Balaban J connectivity index is 1.30. The molecule has 3 heterocycles. The lowest BCUT2D eigenvalue weighted by atomic mass is 10.1. The van der Waals surface area contributed by atoms with E-state index in [0.717, 1.165) is 44.6 Å². The van der Waals surface area contributed by atoms with Crippen LogP contribution in [-0.2, 0) is 17.7 Å². The Morgan fingerprint density at radius 2 is 2.16 bits per heavy atom. The Bertz CT molecular complexity index is 723. The van der Waals surface area contributed by atoms with Gasteiger partial charge in [0.1, 0.15) is 0 Å². The predicted molar refractivity (Wildman–Crippen MR) is 102 cm³/mol. The maximum Gasteiger partial charge on any atom is 0.319 e. The monoisotopic (exact) mass is 357 g/mol. The number of fused-ring (bicyclic) bond motifs is 1. The van der Waals surface area contributed by atoms with Gasteiger partial charge in [-0.2, -0.15) is 0 Å². The van der Waals surface area contributed by atoms with Crippen LogP contribution in [0, 0.1) is 0 Å². The average molecular weight is 357 g/mol. The van der Waals surface area contributed by atoms with Gasteiger partial charge < -0.3 is 20.3 Å². The minimum Gasteiger partial charge on any atom is -0.376 e. The standard InChI is InChI=1S/C19H23N3O2S/c23-19(20-12-17-2-1-10-24-17)21-15-3-5-16(6-4-15)22-9-7-18-14(13-22)8-11-25-18/h3-6,8,11,17H,1-2,7,9-10,12-13H2,(H2,20,21,23)/t17-/m0/s1. The molecular formula is C19H23N3O2S. The second kappa shape index (κ2) is 7.45. The molecule has 1 atom stereocenters. The number of thiophene rings is 1. The Kier molecular flexibility index (Phi) is 4.90. The van der Waals surface area contributed by atoms with Crippen molar-refractivity contribution in [2.75, 3.05) is 29.9 Å². The number of anilines is 2. The molecule has 1 aromatic heterocycles. The third-order valence-electron chi connectivity index (χ3n) is 4.81. The molecule has 1 saturated heterocycles. The molecule has 2 aliphatic rings. The second-order valence-electron chi connectivity index (χ2n) is 6.56. The molecule has 132 valence electrons. The number of amides is 2. The van der Waals surface area contributed by atoms with Gasteiger partial charge in [0.2, 0.25) is 0 Å². The summed E-state index contributed by atoms with van der Waals surface area (Å²) in [5.74, 6) is 0. The van der Waals surface area contributed by atoms with Gasteiger partial charge in [0.05, 0.1) is 6.10 Å². The highest BCUT2D eigenvalue weighted by Gasteiger charge is 2.18. The van der Waals surface area contributed by atoms with Crippen LogP contribution < -0.4 is 15.5 Å². The zero-order chi connectivity index (χ0) is 17.1. The van der Waals surface area contributed by atoms with Crippen molar-refractivity contribution in [1.82, 2.24) is 5.32 Å². The topological polar surface area (TPSA) is 53.6 Å². The minimum atomic E-state index is -0.177. The van der Waals surface area contributed by atoms with E-state index in [-0.39, 0.29) is 12.1 Å². The van der Waals surface area contributed by atoms with Crippen LogP contribution in [0.2, 0.25) is 0 Å². The molecule has 2 aromatic rings. The fourth-order valence-electron chi connectivity index (χ4n) is 3.41. The number of carbonyl (C=O) groups is 1. The summed E-state index contributed by atoms with van der Waals surface area (Å²) in [5.41, 5.74) is 3.44. The maximum absolute atomic E-state index is 12.0. The molecule has 0 saturated carbocycles. The van der Waals surface area contributed by atoms with Crippen LogP contribution in [0.1, 0.15) is 23.3 Å². The van der Waals surface area contributed by atoms with Gasteiger partial charge in [0.15, 0.2) is 0 Å². The fraction of sp³-hybridized carbons (Fsp3) is 0.421. The van der Waals surface area contributed by atoms with E-state index in [0.29, 0.717) is 6.54 Å². The fourth-order valence-corrected chi connectivity index (χ4v) is 4.30. The molecule has 0 unspecified atom stereocenters. The number of hydrogen-bond acceptors (Lipinski definition) is 4. The van der Waals surface area contributed by atoms with E-state index >= 15 is 0 Å². The van der Waals surface area contributed by atoms with Gasteiger partial charge in [-0.05, 0) is 60.5 Å². The summed E-state index contributed by atoms with van der Waals surface area (Å²) in [6.45, 7) is 3.38. The highest BCUT2D eigenvalue weighted by molar-refractivity contribution is 7.10. The number of ether oxygens (including phenoxy) is 1. The summed E-state index contributed by atoms with van der Waals surface area (Å²) >= 11 is 1.86. The third kappa shape index (κ3) is 3.96. The quantitative estimate of drug-likeness (QED) is 0.879. The lowest BCUT2D eigenvalue weighted by Crippen LogP contribution is -2.35. The average Bonchev–Trinajstić information content (AvgIpc) is 3.31. The van der Waals surface area contributed by atoms with E-state index in [2.05, 4.69) is 39.1 Å². The minimum absolute atomic E-state index is 0.161. The molecule has 1 fully saturated rings. The number of urea groups is 1. The van der Waals surface area contributed by atoms with E-state index < -0.39 is 0 Å². The van der Waals surface area contributed by atoms with Crippen LogP contribution in [0.5, 0.6) is 0 Å². The van der Waals surface area contributed by atoms with E-state index in [1.807, 2.05) is 23.5 Å². The van der Waals surface area contributed by atoms with Crippen molar-refractivity contribution in [3.05, 3.63) is 46.2 Å². The van der Waals surface area contributed by atoms with Crippen molar-refractivity contribution >= 4 is 28.7 Å². The summed E-state index contributed by atoms with van der Waals surface area (Å²) in [5, 5.41) is 7.94. The summed E-state index contributed by atoms with van der Waals surface area (Å²) in [7, 11) is 0. The molecule has 0 aliphatic carbocycles. The van der Waals surface area contributed by atoms with Crippen LogP contribution >= 0.6 is 11.3 Å². The number of carbonyl (C=O) groups excluding carboxylic acids is 1. The van der Waals surface area contributed by atoms with E-state index in [1.165, 1.54) is 16.1 Å². The van der Waals surface area contributed by atoms with Crippen LogP contribution in [0.25, 0.3) is 0 Å². The molecule has 2 amide bonds. The normalized spacial score (nSPS) is 19.5. The highest BCUT2D eigenvalue weighted by atomic mass is 32.1. The Morgan fingerprint density at radius 3 is 2.96 bits per heavy atom. The number of nitrogens with zero attached hydrogens (tertiary/aromatic N) is 1. The van der Waals surface area contributed by atoms with Crippen LogP contribution in [0.3, 0.4) is 0 Å². The first-order chi connectivity index (χ1) is 12.3. The molecule has 5 nitrogen and oxygen atoms in total. The molecule has 4 rings (SSSR count). The summed E-state index contributed by atoms with van der Waals surface area (Å²) in [4.78, 5) is 15.9. The van der Waals surface area contributed by atoms with Gasteiger partial charge in [-0.25, -0.2) is 4.79 Å². The number of nitrogens with one attached hydrogen (secondary N) is 2. The molecule has 2 N–H and O–H groups in total. The van der Waals surface area contributed by atoms with E-state index in [9.17, 15) is 4.79 Å². The molecule has 1 aromatic carbocycles. The molecule has 0 spiro atoms. The lowest BCUT2D eigenvalue weighted by Gasteiger charge is -2.29. The van der Waals surface area contributed by atoms with Gasteiger partial charge >= 0.3 is 6.03 Å². The Labute approximate surface area is 152 Å². The SMILES string of the molecule is O=C(NC[C@@H]1CCCO1)Nc1ccc(N2CCc3sccc3C2)cc1. The zero-order valence-electron chi connectivity index (χ0n) is 14.2. The summed E-state index contributed by atoms with van der Waals surface area (Å²) in [6, 6.07) is 10.1. The predicted octanol–water partition coefficient (Wildman–Crippen LogP) is 3.61. The van der Waals surface area contributed by atoms with Gasteiger partial charge in [-0.15, -0.1) is 11.3 Å². The molecular weight excluding hydrogens is 334 g/mol. The van der Waals surface area contributed by atoms with E-state index in [1.54, 1.807) is 0 Å². The first-order valence-corrected chi connectivity index (χ1v) is 9.72. The first-order valence-electron chi connectivity index (χ1n) is 8.84. The largest absolute Gasteiger partial charge is 0.376 e. The summed E-state index contributed by atoms with van der Waals surface area (Å²) in [6.07, 6.45) is 3.38. The van der Waals surface area contributed by atoms with Gasteiger partial charge in [0.25, 0.3) is 0 Å². The molecule has 2 aliphatic heterocycles. The molecule has 0 bridgehead atoms. The van der Waals surface area contributed by atoms with Gasteiger partial charge in [0, 0.05) is 42.5 Å². The van der Waals surface area contributed by atoms with Gasteiger partial charge in [-0.1, -0.05) is 0 Å². The Hall–Kier alpha value is -2.05. The maximum atomic E-state index is 12.0. The van der Waals surface area contributed by atoms with Crippen LogP contribution in [0.15, 0.2) is 35.7 Å². The summed E-state index contributed by atoms with van der Waals surface area (Å²) < 4.78 is 5.51. The van der Waals surface area contributed by atoms with Crippen LogP contribution in [0.4, 0.5) is 16.2 Å². The number of benzene rings is 1. The van der Waals surface area contributed by atoms with Gasteiger partial charge in [-0.3, -0.25) is 0 Å². The zero-order valence-corrected chi connectivity index (χ0v) is 15.0. The highest BCUT2D eigenvalue weighted by Crippen LogP contribution is 2.28. The first kappa shape index (κ1) is 16.4. The molecule has 0 radical (unpaired) electrons.